The molecule has 0 spiro atoms. The number of nitrogens with two attached hydrogens (primary N) is 1. The normalized spacial score (nSPS) is 10.2. The van der Waals surface area contributed by atoms with Crippen LogP contribution in [0.2, 0.25) is 0 Å². The van der Waals surface area contributed by atoms with Crippen molar-refractivity contribution in [3.63, 3.8) is 0 Å². The fourth-order valence-corrected chi connectivity index (χ4v) is 1.91. The molecule has 0 unspecified atom stereocenters. The van der Waals surface area contributed by atoms with E-state index in [1.807, 2.05) is 18.2 Å². The predicted octanol–water partition coefficient (Wildman–Crippen LogP) is 2.38. The molecule has 0 bridgehead atoms. The van der Waals surface area contributed by atoms with Crippen LogP contribution in [-0.4, -0.2) is 4.98 Å². The Labute approximate surface area is 83.3 Å². The Morgan fingerprint density at radius 1 is 1.46 bits per heavy atom. The molecular formula is C9H6BrN3. The molecule has 2 rings (SSSR count). The lowest BCUT2D eigenvalue weighted by Crippen LogP contribution is -1.86. The lowest BCUT2D eigenvalue weighted by atomic mass is 10.2. The monoisotopic (exact) mass is 235 g/mol. The Bertz CT molecular complexity index is 507. The SMILES string of the molecule is N#Cc1c(N)[nH]c2cccc(Br)c12. The number of benzene rings is 1. The Hall–Kier alpha value is -1.47. The smallest absolute Gasteiger partial charge is 0.120 e. The van der Waals surface area contributed by atoms with Crippen molar-refractivity contribution in [1.82, 2.24) is 4.98 Å². The quantitative estimate of drug-likeness (QED) is 0.737. The maximum Gasteiger partial charge on any atom is 0.120 e. The number of nitrogen functional groups attached to an aromatic ring is 1. The second-order valence-corrected chi connectivity index (χ2v) is 3.54. The van der Waals surface area contributed by atoms with E-state index < -0.39 is 0 Å². The molecule has 0 atom stereocenters. The molecule has 0 aliphatic heterocycles. The van der Waals surface area contributed by atoms with E-state index in [0.29, 0.717) is 11.4 Å². The van der Waals surface area contributed by atoms with Crippen molar-refractivity contribution < 1.29 is 0 Å². The minimum Gasteiger partial charge on any atom is -0.384 e. The van der Waals surface area contributed by atoms with Crippen LogP contribution < -0.4 is 5.73 Å². The van der Waals surface area contributed by atoms with Crippen LogP contribution >= 0.6 is 15.9 Å². The molecule has 1 aromatic heterocycles. The molecule has 0 radical (unpaired) electrons. The highest BCUT2D eigenvalue weighted by atomic mass is 79.9. The molecule has 4 heteroatoms. The van der Waals surface area contributed by atoms with E-state index in [-0.39, 0.29) is 0 Å². The van der Waals surface area contributed by atoms with Gasteiger partial charge in [-0.2, -0.15) is 5.26 Å². The summed E-state index contributed by atoms with van der Waals surface area (Å²) in [5.41, 5.74) is 7.01. The second kappa shape index (κ2) is 2.79. The number of aromatic amines is 1. The molecule has 3 N–H and O–H groups in total. The number of nitriles is 1. The van der Waals surface area contributed by atoms with Gasteiger partial charge in [-0.25, -0.2) is 0 Å². The van der Waals surface area contributed by atoms with Crippen molar-refractivity contribution in [2.24, 2.45) is 0 Å². The third-order valence-corrected chi connectivity index (χ3v) is 2.57. The average Bonchev–Trinajstić information content (AvgIpc) is 2.42. The molecule has 3 nitrogen and oxygen atoms in total. The van der Waals surface area contributed by atoms with E-state index in [1.54, 1.807) is 0 Å². The molecule has 64 valence electrons. The van der Waals surface area contributed by atoms with E-state index >= 15 is 0 Å². The number of halogens is 1. The highest BCUT2D eigenvalue weighted by molar-refractivity contribution is 9.10. The fourth-order valence-electron chi connectivity index (χ4n) is 1.34. The number of fused-ring (bicyclic) bond motifs is 1. The van der Waals surface area contributed by atoms with E-state index in [0.717, 1.165) is 15.4 Å². The third kappa shape index (κ3) is 1.09. The maximum absolute atomic E-state index is 8.86. The van der Waals surface area contributed by atoms with Gasteiger partial charge in [0.05, 0.1) is 0 Å². The van der Waals surface area contributed by atoms with Gasteiger partial charge in [0.15, 0.2) is 0 Å². The van der Waals surface area contributed by atoms with Crippen LogP contribution in [0.5, 0.6) is 0 Å². The van der Waals surface area contributed by atoms with Crippen LogP contribution in [0.3, 0.4) is 0 Å². The Morgan fingerprint density at radius 3 is 2.92 bits per heavy atom. The maximum atomic E-state index is 8.86. The molecule has 1 aromatic carbocycles. The summed E-state index contributed by atoms with van der Waals surface area (Å²) in [5.74, 6) is 0.421. The summed E-state index contributed by atoms with van der Waals surface area (Å²) in [4.78, 5) is 2.94. The van der Waals surface area contributed by atoms with Crippen molar-refractivity contribution in [1.29, 1.82) is 5.26 Å². The second-order valence-electron chi connectivity index (χ2n) is 2.69. The summed E-state index contributed by atoms with van der Waals surface area (Å²) in [7, 11) is 0. The molecule has 2 aromatic rings. The van der Waals surface area contributed by atoms with Gasteiger partial charge in [0.1, 0.15) is 17.5 Å². The Balaban J connectivity index is 2.99. The molecule has 0 amide bonds. The summed E-state index contributed by atoms with van der Waals surface area (Å²) in [6, 6.07) is 7.74. The van der Waals surface area contributed by atoms with Gasteiger partial charge >= 0.3 is 0 Å². The van der Waals surface area contributed by atoms with Crippen LogP contribution in [0.25, 0.3) is 10.9 Å². The predicted molar refractivity (Wildman–Crippen MR) is 55.1 cm³/mol. The van der Waals surface area contributed by atoms with Crippen molar-refractivity contribution in [3.05, 3.63) is 28.2 Å². The first-order valence-corrected chi connectivity index (χ1v) is 4.49. The first-order chi connectivity index (χ1) is 6.24. The summed E-state index contributed by atoms with van der Waals surface area (Å²) in [5, 5.41) is 9.71. The molecule has 0 aliphatic rings. The topological polar surface area (TPSA) is 65.6 Å². The van der Waals surface area contributed by atoms with Gasteiger partial charge in [0.25, 0.3) is 0 Å². The number of aromatic nitrogens is 1. The summed E-state index contributed by atoms with van der Waals surface area (Å²) in [6.45, 7) is 0. The molecule has 13 heavy (non-hydrogen) atoms. The number of rotatable bonds is 0. The van der Waals surface area contributed by atoms with Gasteiger partial charge in [-0.05, 0) is 12.1 Å². The lowest BCUT2D eigenvalue weighted by molar-refractivity contribution is 1.45. The van der Waals surface area contributed by atoms with Gasteiger partial charge in [-0.15, -0.1) is 0 Å². The Morgan fingerprint density at radius 2 is 2.23 bits per heavy atom. The summed E-state index contributed by atoms with van der Waals surface area (Å²) >= 11 is 3.38. The van der Waals surface area contributed by atoms with Crippen molar-refractivity contribution >= 4 is 32.7 Å². The van der Waals surface area contributed by atoms with Crippen molar-refractivity contribution in [3.8, 4) is 6.07 Å². The number of H-pyrrole nitrogens is 1. The molecule has 0 aliphatic carbocycles. The zero-order valence-electron chi connectivity index (χ0n) is 6.63. The van der Waals surface area contributed by atoms with E-state index in [9.17, 15) is 0 Å². The molecule has 0 saturated heterocycles. The van der Waals surface area contributed by atoms with Crippen LogP contribution in [0.1, 0.15) is 5.56 Å². The number of hydrogen-bond donors (Lipinski definition) is 2. The first kappa shape index (κ1) is 8.14. The standard InChI is InChI=1S/C9H6BrN3/c10-6-2-1-3-7-8(6)5(4-11)9(12)13-7/h1-3,13H,12H2. The number of nitrogens with one attached hydrogen (secondary N) is 1. The Kier molecular flexibility index (Phi) is 1.74. The van der Waals surface area contributed by atoms with E-state index in [4.69, 9.17) is 11.0 Å². The highest BCUT2D eigenvalue weighted by Crippen LogP contribution is 2.29. The van der Waals surface area contributed by atoms with Crippen molar-refractivity contribution in [2.75, 3.05) is 5.73 Å². The van der Waals surface area contributed by atoms with Crippen LogP contribution in [0.15, 0.2) is 22.7 Å². The lowest BCUT2D eigenvalue weighted by Gasteiger charge is -1.92. The number of nitrogens with zero attached hydrogens (tertiary/aromatic N) is 1. The zero-order chi connectivity index (χ0) is 9.42. The van der Waals surface area contributed by atoms with Crippen LogP contribution in [0.4, 0.5) is 5.82 Å². The van der Waals surface area contributed by atoms with Crippen LogP contribution in [0, 0.1) is 11.3 Å². The summed E-state index contributed by atoms with van der Waals surface area (Å²) in [6.07, 6.45) is 0. The minimum absolute atomic E-state index is 0.421. The molecular weight excluding hydrogens is 230 g/mol. The van der Waals surface area contributed by atoms with E-state index in [1.165, 1.54) is 0 Å². The van der Waals surface area contributed by atoms with Gasteiger partial charge in [0, 0.05) is 15.4 Å². The van der Waals surface area contributed by atoms with E-state index in [2.05, 4.69) is 27.0 Å². The largest absolute Gasteiger partial charge is 0.384 e. The first-order valence-electron chi connectivity index (χ1n) is 3.70. The third-order valence-electron chi connectivity index (χ3n) is 1.91. The van der Waals surface area contributed by atoms with Gasteiger partial charge < -0.3 is 10.7 Å². The number of hydrogen-bond acceptors (Lipinski definition) is 2. The molecule has 1 heterocycles. The highest BCUT2D eigenvalue weighted by Gasteiger charge is 2.10. The number of anilines is 1. The zero-order valence-corrected chi connectivity index (χ0v) is 8.22. The average molecular weight is 236 g/mol. The minimum atomic E-state index is 0.421. The molecule has 0 fully saturated rings. The fraction of sp³-hybridized carbons (Fsp3) is 0. The molecule has 0 saturated carbocycles. The van der Waals surface area contributed by atoms with Gasteiger partial charge in [0.2, 0.25) is 0 Å². The summed E-state index contributed by atoms with van der Waals surface area (Å²) < 4.78 is 0.884. The van der Waals surface area contributed by atoms with Crippen LogP contribution in [-0.2, 0) is 0 Å². The van der Waals surface area contributed by atoms with Gasteiger partial charge in [-0.1, -0.05) is 22.0 Å². The van der Waals surface area contributed by atoms with Crippen molar-refractivity contribution in [2.45, 2.75) is 0 Å². The van der Waals surface area contributed by atoms with Gasteiger partial charge in [-0.3, -0.25) is 0 Å².